The van der Waals surface area contributed by atoms with Crippen LogP contribution in [0.1, 0.15) is 12.0 Å². The van der Waals surface area contributed by atoms with Crippen molar-refractivity contribution in [2.45, 2.75) is 12.5 Å². The molecule has 18 heavy (non-hydrogen) atoms. The number of hydrogen-bond donors (Lipinski definition) is 1. The molecule has 0 amide bonds. The van der Waals surface area contributed by atoms with Gasteiger partial charge in [-0.2, -0.15) is 0 Å². The molecule has 0 aliphatic rings. The van der Waals surface area contributed by atoms with Crippen LogP contribution in [0, 0.1) is 0 Å². The fourth-order valence-electron chi connectivity index (χ4n) is 1.31. The van der Waals surface area contributed by atoms with Crippen molar-refractivity contribution in [3.05, 3.63) is 35.4 Å². The molecule has 6 nitrogen and oxygen atoms in total. The van der Waals surface area contributed by atoms with Crippen molar-refractivity contribution in [1.82, 2.24) is 0 Å². The molecule has 0 aromatic heterocycles. The monoisotopic (exact) mass is 248 g/mol. The number of carbonyl (C=O) groups excluding carboxylic acids is 2. The summed E-state index contributed by atoms with van der Waals surface area (Å²) in [6.07, 6.45) is 0.583. The molecule has 0 spiro atoms. The smallest absolute Gasteiger partial charge is 0.0675 e. The molecule has 1 aromatic carbocycles. The summed E-state index contributed by atoms with van der Waals surface area (Å²) in [7, 11) is 0. The fourth-order valence-corrected chi connectivity index (χ4v) is 1.31. The van der Waals surface area contributed by atoms with Crippen LogP contribution in [-0.4, -0.2) is 18.0 Å². The minimum absolute atomic E-state index is 0.127. The van der Waals surface area contributed by atoms with Crippen LogP contribution in [0.3, 0.4) is 0 Å². The molecule has 96 valence electrons. The van der Waals surface area contributed by atoms with E-state index in [2.05, 4.69) is 0 Å². The largest absolute Gasteiger partial charge is 0.872 e. The van der Waals surface area contributed by atoms with E-state index in [1.807, 2.05) is 0 Å². The predicted octanol–water partition coefficient (Wildman–Crippen LogP) is -2.64. The van der Waals surface area contributed by atoms with Gasteiger partial charge < -0.3 is 30.6 Å². The highest BCUT2D eigenvalue weighted by Crippen LogP contribution is 2.18. The summed E-state index contributed by atoms with van der Waals surface area (Å²) in [6.45, 7) is 0. The van der Waals surface area contributed by atoms with Crippen LogP contribution in [0.4, 0.5) is 0 Å². The number of rotatable bonds is 5. The molecular formula is C12H10NO5-3. The summed E-state index contributed by atoms with van der Waals surface area (Å²) in [5.41, 5.74) is 4.94. The number of carbonyl (C=O) groups is 2. The van der Waals surface area contributed by atoms with Gasteiger partial charge in [0.2, 0.25) is 0 Å². The van der Waals surface area contributed by atoms with E-state index < -0.39 is 24.4 Å². The lowest BCUT2D eigenvalue weighted by Crippen LogP contribution is -2.43. The molecule has 1 aromatic rings. The first-order valence-corrected chi connectivity index (χ1v) is 5.06. The molecule has 0 aliphatic heterocycles. The molecule has 0 radical (unpaired) electrons. The SMILES string of the molecule is NC(C/C(=C\c1ccccc1[O-])C(=O)[O-])C(=O)[O-]. The van der Waals surface area contributed by atoms with E-state index in [4.69, 9.17) is 5.73 Å². The van der Waals surface area contributed by atoms with Gasteiger partial charge in [0, 0.05) is 6.04 Å². The van der Waals surface area contributed by atoms with Crippen molar-refractivity contribution in [3.8, 4) is 5.75 Å². The van der Waals surface area contributed by atoms with E-state index >= 15 is 0 Å². The van der Waals surface area contributed by atoms with Crippen molar-refractivity contribution in [3.63, 3.8) is 0 Å². The van der Waals surface area contributed by atoms with Crippen molar-refractivity contribution < 1.29 is 24.9 Å². The van der Waals surface area contributed by atoms with Crippen molar-refractivity contribution >= 4 is 18.0 Å². The van der Waals surface area contributed by atoms with E-state index in [0.717, 1.165) is 6.08 Å². The summed E-state index contributed by atoms with van der Waals surface area (Å²) in [5.74, 6) is -3.52. The lowest BCUT2D eigenvalue weighted by molar-refractivity contribution is -0.307. The molecule has 0 heterocycles. The van der Waals surface area contributed by atoms with Crippen LogP contribution in [0.5, 0.6) is 5.75 Å². The Bertz CT molecular complexity index is 495. The minimum atomic E-state index is -1.57. The second-order valence-electron chi connectivity index (χ2n) is 3.62. The summed E-state index contributed by atoms with van der Waals surface area (Å²) >= 11 is 0. The number of nitrogens with two attached hydrogens (primary N) is 1. The highest BCUT2D eigenvalue weighted by atomic mass is 16.4. The quantitative estimate of drug-likeness (QED) is 0.567. The van der Waals surface area contributed by atoms with Crippen LogP contribution in [-0.2, 0) is 9.59 Å². The normalized spacial score (nSPS) is 13.1. The standard InChI is InChI=1S/C12H13NO5/c13-9(12(17)18)6-8(11(15)16)5-7-3-1-2-4-10(7)14/h1-5,9,14H,6,13H2,(H,15,16)(H,17,18)/p-3/b8-5+. The second kappa shape index (κ2) is 5.83. The fraction of sp³-hybridized carbons (Fsp3) is 0.167. The maximum absolute atomic E-state index is 11.4. The van der Waals surface area contributed by atoms with E-state index in [9.17, 15) is 24.9 Å². The highest BCUT2D eigenvalue weighted by molar-refractivity contribution is 5.92. The minimum Gasteiger partial charge on any atom is -0.872 e. The van der Waals surface area contributed by atoms with E-state index in [-0.39, 0.29) is 16.9 Å². The second-order valence-corrected chi connectivity index (χ2v) is 3.62. The maximum Gasteiger partial charge on any atom is 0.0675 e. The van der Waals surface area contributed by atoms with Gasteiger partial charge in [0.1, 0.15) is 0 Å². The van der Waals surface area contributed by atoms with Crippen molar-refractivity contribution in [1.29, 1.82) is 0 Å². The van der Waals surface area contributed by atoms with E-state index in [1.54, 1.807) is 6.07 Å². The molecule has 0 saturated heterocycles. The summed E-state index contributed by atoms with van der Waals surface area (Å²) in [5, 5.41) is 32.6. The Morgan fingerprint density at radius 2 is 1.89 bits per heavy atom. The van der Waals surface area contributed by atoms with E-state index in [0.29, 0.717) is 0 Å². The zero-order chi connectivity index (χ0) is 13.7. The van der Waals surface area contributed by atoms with Gasteiger partial charge in [-0.25, -0.2) is 0 Å². The van der Waals surface area contributed by atoms with Crippen molar-refractivity contribution in [2.75, 3.05) is 0 Å². The average molecular weight is 248 g/mol. The van der Waals surface area contributed by atoms with Gasteiger partial charge >= 0.3 is 0 Å². The third kappa shape index (κ3) is 3.60. The Balaban J connectivity index is 3.02. The van der Waals surface area contributed by atoms with Crippen LogP contribution >= 0.6 is 0 Å². The maximum atomic E-state index is 11.4. The molecule has 1 unspecified atom stereocenters. The lowest BCUT2D eigenvalue weighted by atomic mass is 10.0. The first kappa shape index (κ1) is 13.7. The number of carboxylic acids is 2. The third-order valence-corrected chi connectivity index (χ3v) is 2.25. The molecule has 1 rings (SSSR count). The first-order valence-electron chi connectivity index (χ1n) is 5.06. The molecule has 0 fully saturated rings. The highest BCUT2D eigenvalue weighted by Gasteiger charge is 2.08. The molecule has 6 heteroatoms. The predicted molar refractivity (Wildman–Crippen MR) is 56.5 cm³/mol. The van der Waals surface area contributed by atoms with Crippen LogP contribution in [0.15, 0.2) is 29.8 Å². The zero-order valence-corrected chi connectivity index (χ0v) is 9.29. The van der Waals surface area contributed by atoms with Gasteiger partial charge in [0.25, 0.3) is 0 Å². The van der Waals surface area contributed by atoms with Crippen molar-refractivity contribution in [2.24, 2.45) is 5.73 Å². The van der Waals surface area contributed by atoms with Crippen LogP contribution < -0.4 is 21.1 Å². The lowest BCUT2D eigenvalue weighted by Gasteiger charge is -2.17. The van der Waals surface area contributed by atoms with Gasteiger partial charge in [-0.15, -0.1) is 5.75 Å². The molecular weight excluding hydrogens is 238 g/mol. The number of para-hydroxylation sites is 1. The molecule has 0 aliphatic carbocycles. The number of carboxylic acid groups (broad SMARTS) is 2. The van der Waals surface area contributed by atoms with Gasteiger partial charge in [-0.1, -0.05) is 30.3 Å². The van der Waals surface area contributed by atoms with Gasteiger partial charge in [-0.05, 0) is 17.6 Å². The Labute approximate surface area is 103 Å². The molecule has 0 bridgehead atoms. The number of aliphatic carboxylic acids is 2. The Kier molecular flexibility index (Phi) is 4.45. The average Bonchev–Trinajstić information content (AvgIpc) is 2.30. The van der Waals surface area contributed by atoms with E-state index in [1.165, 1.54) is 18.2 Å². The first-order chi connectivity index (χ1) is 8.41. The van der Waals surface area contributed by atoms with Crippen LogP contribution in [0.25, 0.3) is 6.08 Å². The topological polar surface area (TPSA) is 129 Å². The summed E-state index contributed by atoms with van der Waals surface area (Å²) in [6, 6.07) is 4.27. The molecule has 0 saturated carbocycles. The molecule has 2 N–H and O–H groups in total. The Hall–Kier alpha value is -2.34. The van der Waals surface area contributed by atoms with Gasteiger partial charge in [-0.3, -0.25) is 0 Å². The zero-order valence-electron chi connectivity index (χ0n) is 9.29. The summed E-state index contributed by atoms with van der Waals surface area (Å²) < 4.78 is 0. The Morgan fingerprint density at radius 3 is 2.39 bits per heavy atom. The van der Waals surface area contributed by atoms with Gasteiger partial charge in [0.15, 0.2) is 0 Å². The number of benzene rings is 1. The third-order valence-electron chi connectivity index (χ3n) is 2.25. The summed E-state index contributed by atoms with van der Waals surface area (Å²) in [4.78, 5) is 21.3. The Morgan fingerprint density at radius 1 is 1.28 bits per heavy atom. The van der Waals surface area contributed by atoms with Crippen LogP contribution in [0.2, 0.25) is 0 Å². The van der Waals surface area contributed by atoms with Gasteiger partial charge in [0.05, 0.1) is 11.9 Å². The molecule has 1 atom stereocenters. The number of hydrogen-bond acceptors (Lipinski definition) is 6.